The van der Waals surface area contributed by atoms with Crippen LogP contribution >= 0.6 is 34.8 Å². The maximum atomic E-state index is 13.0. The van der Waals surface area contributed by atoms with E-state index in [1.54, 1.807) is 30.3 Å². The molecule has 1 fully saturated rings. The van der Waals surface area contributed by atoms with E-state index in [1.165, 1.54) is 12.1 Å². The number of para-hydroxylation sites is 1. The molecule has 2 aliphatic heterocycles. The molecule has 0 aromatic heterocycles. The van der Waals surface area contributed by atoms with E-state index in [2.05, 4.69) is 22.3 Å². The van der Waals surface area contributed by atoms with E-state index in [1.807, 2.05) is 23.1 Å². The largest absolute Gasteiger partial charge is 0.368 e. The molecule has 188 valence electrons. The molecule has 0 saturated carbocycles. The zero-order valence-electron chi connectivity index (χ0n) is 19.5. The van der Waals surface area contributed by atoms with Gasteiger partial charge in [0.1, 0.15) is 10.7 Å². The lowest BCUT2D eigenvalue weighted by atomic mass is 10.1. The molecule has 3 amide bonds. The summed E-state index contributed by atoms with van der Waals surface area (Å²) in [6.07, 6.45) is 0. The summed E-state index contributed by atoms with van der Waals surface area (Å²) in [4.78, 5) is 43.8. The Kier molecular flexibility index (Phi) is 7.11. The number of piperazine rings is 1. The molecule has 3 aromatic carbocycles. The Hall–Kier alpha value is -3.52. The molecule has 5 rings (SSSR count). The number of hydrogen-bond acceptors (Lipinski definition) is 5. The van der Waals surface area contributed by atoms with Crippen LogP contribution in [0.3, 0.4) is 0 Å². The first-order chi connectivity index (χ1) is 17.8. The van der Waals surface area contributed by atoms with Crippen molar-refractivity contribution in [1.29, 1.82) is 0 Å². The minimum Gasteiger partial charge on any atom is -0.368 e. The summed E-state index contributed by atoms with van der Waals surface area (Å²) in [5, 5.41) is 3.14. The van der Waals surface area contributed by atoms with E-state index in [0.717, 1.165) is 23.7 Å². The molecule has 10 heteroatoms. The molecule has 37 heavy (non-hydrogen) atoms. The number of anilines is 3. The van der Waals surface area contributed by atoms with Gasteiger partial charge in [-0.1, -0.05) is 53.0 Å². The van der Waals surface area contributed by atoms with Crippen molar-refractivity contribution < 1.29 is 14.4 Å². The van der Waals surface area contributed by atoms with Crippen LogP contribution in [0.4, 0.5) is 17.1 Å². The lowest BCUT2D eigenvalue weighted by molar-refractivity contribution is -0.120. The average molecular weight is 556 g/mol. The topological polar surface area (TPSA) is 73.0 Å². The molecule has 1 N–H and O–H groups in total. The summed E-state index contributed by atoms with van der Waals surface area (Å²) >= 11 is 18.4. The zero-order valence-corrected chi connectivity index (χ0v) is 21.7. The summed E-state index contributed by atoms with van der Waals surface area (Å²) in [5.41, 5.74) is 2.24. The SMILES string of the molecule is O=C(c1ccc(NC2=C(Cl)C(=O)N(c3cc(Cl)ccc3Cl)C2=O)cc1)N1CCN(c2ccccc2)CC1. The van der Waals surface area contributed by atoms with Gasteiger partial charge in [0.25, 0.3) is 17.7 Å². The fourth-order valence-electron chi connectivity index (χ4n) is 4.32. The molecule has 7 nitrogen and oxygen atoms in total. The number of halogens is 3. The Morgan fingerprint density at radius 1 is 0.784 bits per heavy atom. The predicted octanol–water partition coefficient (Wildman–Crippen LogP) is 5.39. The van der Waals surface area contributed by atoms with E-state index in [0.29, 0.717) is 29.4 Å². The monoisotopic (exact) mass is 554 g/mol. The van der Waals surface area contributed by atoms with Gasteiger partial charge < -0.3 is 15.1 Å². The summed E-state index contributed by atoms with van der Waals surface area (Å²) in [7, 11) is 0. The minimum absolute atomic E-state index is 0.0644. The van der Waals surface area contributed by atoms with Gasteiger partial charge in [-0.3, -0.25) is 14.4 Å². The van der Waals surface area contributed by atoms with Gasteiger partial charge in [-0.2, -0.15) is 0 Å². The van der Waals surface area contributed by atoms with Crippen LogP contribution in [0.25, 0.3) is 0 Å². The third-order valence-corrected chi connectivity index (χ3v) is 7.17. The molecule has 0 bridgehead atoms. The Bertz CT molecular complexity index is 1400. The number of amides is 3. The Labute approximate surface area is 228 Å². The van der Waals surface area contributed by atoms with Crippen LogP contribution in [0.15, 0.2) is 83.5 Å². The molecule has 2 heterocycles. The summed E-state index contributed by atoms with van der Waals surface area (Å²) < 4.78 is 0. The van der Waals surface area contributed by atoms with Gasteiger partial charge in [-0.15, -0.1) is 0 Å². The number of hydrogen-bond donors (Lipinski definition) is 1. The second kappa shape index (κ2) is 10.5. The quantitative estimate of drug-likeness (QED) is 0.427. The fourth-order valence-corrected chi connectivity index (χ4v) is 4.90. The third-order valence-electron chi connectivity index (χ3n) is 6.27. The number of nitrogens with one attached hydrogen (secondary N) is 1. The zero-order chi connectivity index (χ0) is 26.1. The van der Waals surface area contributed by atoms with Gasteiger partial charge >= 0.3 is 0 Å². The molecule has 0 atom stereocenters. The maximum absolute atomic E-state index is 13.0. The second-order valence-electron chi connectivity index (χ2n) is 8.55. The fraction of sp³-hybridized carbons (Fsp3) is 0.148. The van der Waals surface area contributed by atoms with Crippen molar-refractivity contribution in [3.8, 4) is 0 Å². The molecular weight excluding hydrogens is 535 g/mol. The number of nitrogens with zero attached hydrogens (tertiary/aromatic N) is 3. The standard InChI is InChI=1S/C27H21Cl3N4O3/c28-18-8-11-21(29)22(16-18)34-26(36)23(30)24(27(34)37)31-19-9-6-17(7-10-19)25(35)33-14-12-32(13-15-33)20-4-2-1-3-5-20/h1-11,16,31H,12-15H2. The van der Waals surface area contributed by atoms with E-state index < -0.39 is 11.8 Å². The molecule has 1 saturated heterocycles. The lowest BCUT2D eigenvalue weighted by Crippen LogP contribution is -2.48. The van der Waals surface area contributed by atoms with E-state index in [-0.39, 0.29) is 27.3 Å². The van der Waals surface area contributed by atoms with Crippen LogP contribution in [0.1, 0.15) is 10.4 Å². The highest BCUT2D eigenvalue weighted by atomic mass is 35.5. The van der Waals surface area contributed by atoms with Crippen LogP contribution < -0.4 is 15.1 Å². The van der Waals surface area contributed by atoms with Crippen molar-refractivity contribution in [2.45, 2.75) is 0 Å². The first-order valence-corrected chi connectivity index (χ1v) is 12.7. The normalized spacial score (nSPS) is 16.0. The summed E-state index contributed by atoms with van der Waals surface area (Å²) in [6, 6.07) is 21.3. The van der Waals surface area contributed by atoms with E-state index >= 15 is 0 Å². The molecular formula is C27H21Cl3N4O3. The van der Waals surface area contributed by atoms with Gasteiger partial charge in [-0.25, -0.2) is 4.90 Å². The van der Waals surface area contributed by atoms with Gasteiger partial charge in [-0.05, 0) is 54.6 Å². The maximum Gasteiger partial charge on any atom is 0.283 e. The first kappa shape index (κ1) is 25.1. The molecule has 0 spiro atoms. The van der Waals surface area contributed by atoms with Gasteiger partial charge in [0.2, 0.25) is 0 Å². The van der Waals surface area contributed by atoms with Crippen molar-refractivity contribution in [3.63, 3.8) is 0 Å². The number of rotatable bonds is 5. The van der Waals surface area contributed by atoms with Crippen LogP contribution in [0, 0.1) is 0 Å². The van der Waals surface area contributed by atoms with Gasteiger partial charge in [0.15, 0.2) is 0 Å². The van der Waals surface area contributed by atoms with Crippen LogP contribution in [-0.2, 0) is 9.59 Å². The molecule has 0 unspecified atom stereocenters. The molecule has 0 aliphatic carbocycles. The minimum atomic E-state index is -0.709. The number of imide groups is 1. The van der Waals surface area contributed by atoms with Crippen molar-refractivity contribution in [2.75, 3.05) is 41.3 Å². The average Bonchev–Trinajstić information content (AvgIpc) is 3.13. The van der Waals surface area contributed by atoms with Crippen molar-refractivity contribution in [1.82, 2.24) is 4.90 Å². The van der Waals surface area contributed by atoms with Crippen molar-refractivity contribution in [2.24, 2.45) is 0 Å². The number of carbonyl (C=O) groups is 3. The van der Waals surface area contributed by atoms with Crippen LogP contribution in [0.5, 0.6) is 0 Å². The van der Waals surface area contributed by atoms with E-state index in [9.17, 15) is 14.4 Å². The Morgan fingerprint density at radius 2 is 1.46 bits per heavy atom. The predicted molar refractivity (Wildman–Crippen MR) is 146 cm³/mol. The van der Waals surface area contributed by atoms with Crippen molar-refractivity contribution >= 4 is 69.6 Å². The van der Waals surface area contributed by atoms with Crippen molar-refractivity contribution in [3.05, 3.63) is 99.1 Å². The van der Waals surface area contributed by atoms with Crippen LogP contribution in [0.2, 0.25) is 10.0 Å². The first-order valence-electron chi connectivity index (χ1n) is 11.5. The molecule has 2 aliphatic rings. The number of benzene rings is 3. The second-order valence-corrected chi connectivity index (χ2v) is 9.77. The van der Waals surface area contributed by atoms with Gasteiger partial charge in [0, 0.05) is 48.1 Å². The highest BCUT2D eigenvalue weighted by Gasteiger charge is 2.40. The lowest BCUT2D eigenvalue weighted by Gasteiger charge is -2.36. The Morgan fingerprint density at radius 3 is 2.14 bits per heavy atom. The smallest absolute Gasteiger partial charge is 0.283 e. The van der Waals surface area contributed by atoms with E-state index in [4.69, 9.17) is 34.8 Å². The highest BCUT2D eigenvalue weighted by Crippen LogP contribution is 2.35. The Balaban J connectivity index is 1.25. The highest BCUT2D eigenvalue weighted by molar-refractivity contribution is 6.54. The number of carbonyl (C=O) groups excluding carboxylic acids is 3. The van der Waals surface area contributed by atoms with Gasteiger partial charge in [0.05, 0.1) is 10.7 Å². The molecule has 0 radical (unpaired) electrons. The summed E-state index contributed by atoms with van der Waals surface area (Å²) in [6.45, 7) is 2.75. The molecule has 3 aromatic rings. The summed E-state index contributed by atoms with van der Waals surface area (Å²) in [5.74, 6) is -1.43. The third kappa shape index (κ3) is 5.03. The van der Waals surface area contributed by atoms with Crippen LogP contribution in [-0.4, -0.2) is 48.8 Å².